The molecule has 0 aliphatic heterocycles. The number of carboxylic acids is 1. The van der Waals surface area contributed by atoms with Gasteiger partial charge in [-0.1, -0.05) is 23.2 Å². The molecule has 0 fully saturated rings. The number of rotatable bonds is 4. The van der Waals surface area contributed by atoms with Gasteiger partial charge in [-0.3, -0.25) is 0 Å². The van der Waals surface area contributed by atoms with E-state index in [1.54, 1.807) is 24.3 Å². The molecule has 0 aliphatic rings. The van der Waals surface area contributed by atoms with E-state index in [-0.39, 0.29) is 0 Å². The second kappa shape index (κ2) is 5.82. The van der Waals surface area contributed by atoms with E-state index in [1.165, 1.54) is 11.3 Å². The fraction of sp³-hybridized carbons (Fsp3) is 0.154. The fourth-order valence-electron chi connectivity index (χ4n) is 1.50. The highest BCUT2D eigenvalue weighted by Gasteiger charge is 2.11. The first-order valence-corrected chi connectivity index (χ1v) is 6.95. The first kappa shape index (κ1) is 14.2. The zero-order valence-corrected chi connectivity index (χ0v) is 12.3. The second-order valence-electron chi connectivity index (χ2n) is 3.86. The number of benzene rings is 1. The second-order valence-corrected chi connectivity index (χ2v) is 5.93. The normalized spacial score (nSPS) is 10.5. The number of aryl methyl sites for hydroxylation is 1. The van der Waals surface area contributed by atoms with Gasteiger partial charge in [0.1, 0.15) is 17.2 Å². The van der Waals surface area contributed by atoms with Gasteiger partial charge in [-0.2, -0.15) is 0 Å². The molecule has 3 nitrogen and oxygen atoms in total. The highest BCUT2D eigenvalue weighted by atomic mass is 35.5. The Labute approximate surface area is 124 Å². The Bertz CT molecular complexity index is 622. The van der Waals surface area contributed by atoms with Gasteiger partial charge in [0.2, 0.25) is 0 Å². The lowest BCUT2D eigenvalue weighted by atomic mass is 10.2. The topological polar surface area (TPSA) is 46.5 Å². The van der Waals surface area contributed by atoms with Crippen molar-refractivity contribution in [1.29, 1.82) is 0 Å². The van der Waals surface area contributed by atoms with E-state index < -0.39 is 5.97 Å². The Morgan fingerprint density at radius 2 is 2.05 bits per heavy atom. The lowest BCUT2D eigenvalue weighted by Gasteiger charge is -2.06. The molecule has 1 aromatic heterocycles. The van der Waals surface area contributed by atoms with Crippen molar-refractivity contribution in [2.45, 2.75) is 13.5 Å². The average Bonchev–Trinajstić information content (AvgIpc) is 2.73. The molecule has 1 heterocycles. The molecule has 0 radical (unpaired) electrons. The highest BCUT2D eigenvalue weighted by molar-refractivity contribution is 7.14. The predicted molar refractivity (Wildman–Crippen MR) is 76.8 cm³/mol. The van der Waals surface area contributed by atoms with E-state index in [9.17, 15) is 4.79 Å². The van der Waals surface area contributed by atoms with Gasteiger partial charge in [-0.15, -0.1) is 11.3 Å². The quantitative estimate of drug-likeness (QED) is 0.893. The van der Waals surface area contributed by atoms with Crippen molar-refractivity contribution in [1.82, 2.24) is 0 Å². The van der Waals surface area contributed by atoms with E-state index >= 15 is 0 Å². The summed E-state index contributed by atoms with van der Waals surface area (Å²) in [4.78, 5) is 12.1. The molecule has 19 heavy (non-hydrogen) atoms. The van der Waals surface area contributed by atoms with Crippen molar-refractivity contribution in [3.8, 4) is 5.75 Å². The van der Waals surface area contributed by atoms with Crippen LogP contribution < -0.4 is 4.74 Å². The Morgan fingerprint density at radius 1 is 1.32 bits per heavy atom. The maximum Gasteiger partial charge on any atom is 0.345 e. The molecule has 1 N–H and O–H groups in total. The number of carbonyl (C=O) groups is 1. The largest absolute Gasteiger partial charge is 0.489 e. The Hall–Kier alpha value is -1.23. The van der Waals surface area contributed by atoms with E-state index in [2.05, 4.69) is 0 Å². The molecule has 0 unspecified atom stereocenters. The van der Waals surface area contributed by atoms with E-state index in [0.717, 1.165) is 10.4 Å². The van der Waals surface area contributed by atoms with Gasteiger partial charge in [0, 0.05) is 16.5 Å². The number of carboxylic acid groups (broad SMARTS) is 1. The van der Waals surface area contributed by atoms with Crippen LogP contribution in [0.25, 0.3) is 0 Å². The first-order valence-electron chi connectivity index (χ1n) is 5.38. The van der Waals surface area contributed by atoms with Gasteiger partial charge in [0.15, 0.2) is 0 Å². The minimum atomic E-state index is -0.922. The van der Waals surface area contributed by atoms with Crippen LogP contribution in [0.2, 0.25) is 10.0 Å². The average molecular weight is 317 g/mol. The van der Waals surface area contributed by atoms with Gasteiger partial charge < -0.3 is 9.84 Å². The first-order chi connectivity index (χ1) is 8.97. The number of hydrogen-bond acceptors (Lipinski definition) is 3. The zero-order valence-electron chi connectivity index (χ0n) is 9.94. The Morgan fingerprint density at radius 3 is 2.63 bits per heavy atom. The maximum atomic E-state index is 10.9. The minimum absolute atomic E-state index is 0.299. The summed E-state index contributed by atoms with van der Waals surface area (Å²) in [6.45, 7) is 2.16. The number of hydrogen-bond donors (Lipinski definition) is 1. The molecule has 0 bridgehead atoms. The van der Waals surface area contributed by atoms with Gasteiger partial charge in [0.25, 0.3) is 0 Å². The molecular weight excluding hydrogens is 307 g/mol. The van der Waals surface area contributed by atoms with Crippen molar-refractivity contribution in [3.63, 3.8) is 0 Å². The van der Waals surface area contributed by atoms with Crippen molar-refractivity contribution in [2.24, 2.45) is 0 Å². The summed E-state index contributed by atoms with van der Waals surface area (Å²) in [5, 5.41) is 9.80. The molecule has 0 amide bonds. The van der Waals surface area contributed by atoms with Crippen molar-refractivity contribution in [3.05, 3.63) is 49.6 Å². The van der Waals surface area contributed by atoms with Crippen LogP contribution in [0, 0.1) is 6.92 Å². The van der Waals surface area contributed by atoms with Crippen LogP contribution in [-0.4, -0.2) is 11.1 Å². The summed E-state index contributed by atoms with van der Waals surface area (Å²) < 4.78 is 5.57. The van der Waals surface area contributed by atoms with Crippen LogP contribution in [0.4, 0.5) is 0 Å². The van der Waals surface area contributed by atoms with Crippen molar-refractivity contribution >= 4 is 40.5 Å². The highest BCUT2D eigenvalue weighted by Crippen LogP contribution is 2.28. The summed E-state index contributed by atoms with van der Waals surface area (Å²) >= 11 is 12.9. The maximum absolute atomic E-state index is 10.9. The third kappa shape index (κ3) is 3.41. The summed E-state index contributed by atoms with van der Waals surface area (Å²) in [5.41, 5.74) is 0.855. The summed E-state index contributed by atoms with van der Waals surface area (Å²) in [6.07, 6.45) is 0. The Balaban J connectivity index is 2.09. The fourth-order valence-corrected chi connectivity index (χ4v) is 2.65. The van der Waals surface area contributed by atoms with Gasteiger partial charge in [-0.25, -0.2) is 4.79 Å². The molecule has 0 spiro atoms. The number of ether oxygens (including phenoxy) is 1. The summed E-state index contributed by atoms with van der Waals surface area (Å²) in [6, 6.07) is 6.62. The molecule has 100 valence electrons. The number of thiophene rings is 1. The monoisotopic (exact) mass is 316 g/mol. The molecule has 6 heteroatoms. The standard InChI is InChI=1S/C13H10Cl2O3S/c1-7-8(4-12(19-7)13(16)17)6-18-9-2-3-10(14)11(15)5-9/h2-5H,6H2,1H3,(H,16,17). The van der Waals surface area contributed by atoms with Crippen LogP contribution in [-0.2, 0) is 6.61 Å². The van der Waals surface area contributed by atoms with E-state index in [4.69, 9.17) is 33.0 Å². The van der Waals surface area contributed by atoms with Crippen LogP contribution in [0.5, 0.6) is 5.75 Å². The van der Waals surface area contributed by atoms with Gasteiger partial charge >= 0.3 is 5.97 Å². The zero-order chi connectivity index (χ0) is 14.0. The van der Waals surface area contributed by atoms with Crippen molar-refractivity contribution in [2.75, 3.05) is 0 Å². The molecule has 2 aromatic rings. The Kier molecular flexibility index (Phi) is 4.34. The van der Waals surface area contributed by atoms with Crippen LogP contribution in [0.3, 0.4) is 0 Å². The molecule has 0 saturated heterocycles. The summed E-state index contributed by atoms with van der Waals surface area (Å²) in [7, 11) is 0. The van der Waals surface area contributed by atoms with E-state index in [0.29, 0.717) is 27.3 Å². The smallest absolute Gasteiger partial charge is 0.345 e. The molecule has 0 saturated carbocycles. The predicted octanol–water partition coefficient (Wildman–Crippen LogP) is 4.64. The molecule has 0 atom stereocenters. The summed E-state index contributed by atoms with van der Waals surface area (Å²) in [5.74, 6) is -0.328. The molecular formula is C13H10Cl2O3S. The van der Waals surface area contributed by atoms with Crippen molar-refractivity contribution < 1.29 is 14.6 Å². The molecule has 1 aromatic carbocycles. The van der Waals surface area contributed by atoms with E-state index in [1.807, 2.05) is 6.92 Å². The number of halogens is 2. The van der Waals surface area contributed by atoms with Crippen LogP contribution in [0.1, 0.15) is 20.1 Å². The van der Waals surface area contributed by atoms with Gasteiger partial charge in [-0.05, 0) is 25.1 Å². The van der Waals surface area contributed by atoms with Crippen LogP contribution in [0.15, 0.2) is 24.3 Å². The number of aromatic carboxylic acids is 1. The third-order valence-corrected chi connectivity index (χ3v) is 4.34. The molecule has 0 aliphatic carbocycles. The lowest BCUT2D eigenvalue weighted by molar-refractivity contribution is 0.0702. The minimum Gasteiger partial charge on any atom is -0.489 e. The van der Waals surface area contributed by atoms with Gasteiger partial charge in [0.05, 0.1) is 10.0 Å². The SMILES string of the molecule is Cc1sc(C(=O)O)cc1COc1ccc(Cl)c(Cl)c1. The molecule has 2 rings (SSSR count). The third-order valence-electron chi connectivity index (χ3n) is 2.52. The lowest BCUT2D eigenvalue weighted by Crippen LogP contribution is -1.96. The van der Waals surface area contributed by atoms with Crippen LogP contribution >= 0.6 is 34.5 Å².